The van der Waals surface area contributed by atoms with Crippen LogP contribution in [0, 0.1) is 0 Å². The van der Waals surface area contributed by atoms with Gasteiger partial charge >= 0.3 is 0 Å². The Labute approximate surface area is 131 Å². The van der Waals surface area contributed by atoms with E-state index in [1.54, 1.807) is 6.20 Å². The number of aromatic nitrogens is 2. The molecule has 0 spiro atoms. The fourth-order valence-electron chi connectivity index (χ4n) is 2.99. The molecule has 1 aromatic heterocycles. The van der Waals surface area contributed by atoms with Gasteiger partial charge in [0, 0.05) is 20.1 Å². The summed E-state index contributed by atoms with van der Waals surface area (Å²) in [6.07, 6.45) is 8.10. The molecule has 0 aromatic carbocycles. The van der Waals surface area contributed by atoms with E-state index in [9.17, 15) is 4.79 Å². The third-order valence-corrected chi connectivity index (χ3v) is 4.28. The number of nitrogens with zero attached hydrogens (tertiary/aromatic N) is 4. The lowest BCUT2D eigenvalue weighted by Gasteiger charge is -2.36. The van der Waals surface area contributed by atoms with Crippen molar-refractivity contribution in [3.8, 4) is 0 Å². The van der Waals surface area contributed by atoms with Crippen LogP contribution in [0.5, 0.6) is 0 Å². The summed E-state index contributed by atoms with van der Waals surface area (Å²) in [5, 5.41) is 0.222. The van der Waals surface area contributed by atoms with Gasteiger partial charge in [0.25, 0.3) is 0 Å². The van der Waals surface area contributed by atoms with Crippen LogP contribution in [0.2, 0.25) is 5.28 Å². The average Bonchev–Trinajstić information content (AvgIpc) is 2.97. The zero-order valence-corrected chi connectivity index (χ0v) is 13.7. The molecule has 1 saturated carbocycles. The topological polar surface area (TPSA) is 49.3 Å². The van der Waals surface area contributed by atoms with E-state index in [0.29, 0.717) is 6.04 Å². The molecule has 5 nitrogen and oxygen atoms in total. The van der Waals surface area contributed by atoms with Gasteiger partial charge in [-0.1, -0.05) is 19.8 Å². The fourth-order valence-corrected chi connectivity index (χ4v) is 3.12. The summed E-state index contributed by atoms with van der Waals surface area (Å²) >= 11 is 6.01. The molecule has 0 N–H and O–H groups in total. The lowest BCUT2D eigenvalue weighted by molar-refractivity contribution is -0.109. The maximum absolute atomic E-state index is 11.5. The van der Waals surface area contributed by atoms with Gasteiger partial charge in [0.1, 0.15) is 6.29 Å². The summed E-state index contributed by atoms with van der Waals surface area (Å²) in [6.45, 7) is 2.03. The number of carbonyl (C=O) groups excluding carboxylic acids is 1. The molecule has 6 heteroatoms. The highest BCUT2D eigenvalue weighted by Gasteiger charge is 2.31. The maximum Gasteiger partial charge on any atom is 0.224 e. The fraction of sp³-hybridized carbons (Fsp3) is 0.667. The highest BCUT2D eigenvalue weighted by Crippen LogP contribution is 2.35. The monoisotopic (exact) mass is 310 g/mol. The average molecular weight is 311 g/mol. The first-order valence-electron chi connectivity index (χ1n) is 7.52. The van der Waals surface area contributed by atoms with Gasteiger partial charge in [-0.15, -0.1) is 0 Å². The van der Waals surface area contributed by atoms with Crippen LogP contribution in [0.1, 0.15) is 39.0 Å². The van der Waals surface area contributed by atoms with Crippen molar-refractivity contribution in [1.29, 1.82) is 0 Å². The van der Waals surface area contributed by atoms with Crippen LogP contribution in [0.4, 0.5) is 11.5 Å². The molecule has 1 atom stereocenters. The normalized spacial score (nSPS) is 16.8. The summed E-state index contributed by atoms with van der Waals surface area (Å²) < 4.78 is 0. The van der Waals surface area contributed by atoms with E-state index >= 15 is 0 Å². The molecular weight excluding hydrogens is 288 g/mol. The Morgan fingerprint density at radius 2 is 2.10 bits per heavy atom. The summed E-state index contributed by atoms with van der Waals surface area (Å²) in [6, 6.07) is 0.183. The van der Waals surface area contributed by atoms with E-state index in [-0.39, 0.29) is 11.3 Å². The number of aldehydes is 1. The third kappa shape index (κ3) is 3.46. The lowest BCUT2D eigenvalue weighted by atomic mass is 10.1. The predicted molar refractivity (Wildman–Crippen MR) is 86.2 cm³/mol. The number of halogens is 1. The van der Waals surface area contributed by atoms with Gasteiger partial charge in [0.15, 0.2) is 5.82 Å². The number of anilines is 2. The van der Waals surface area contributed by atoms with Crippen LogP contribution in [-0.2, 0) is 4.79 Å². The molecular formula is C15H23ClN4O. The van der Waals surface area contributed by atoms with Crippen molar-refractivity contribution in [2.75, 3.05) is 23.9 Å². The molecule has 0 radical (unpaired) electrons. The molecule has 0 saturated heterocycles. The van der Waals surface area contributed by atoms with Crippen molar-refractivity contribution in [2.24, 2.45) is 0 Å². The van der Waals surface area contributed by atoms with Crippen LogP contribution < -0.4 is 9.80 Å². The Bertz CT molecular complexity index is 489. The zero-order chi connectivity index (χ0) is 15.4. The second-order valence-electron chi connectivity index (χ2n) is 5.70. The molecule has 116 valence electrons. The van der Waals surface area contributed by atoms with E-state index < -0.39 is 0 Å². The van der Waals surface area contributed by atoms with Crippen LogP contribution >= 0.6 is 11.6 Å². The highest BCUT2D eigenvalue weighted by molar-refractivity contribution is 6.28. The third-order valence-electron chi connectivity index (χ3n) is 4.10. The van der Waals surface area contributed by atoms with E-state index in [2.05, 4.69) is 14.9 Å². The number of hydrogen-bond acceptors (Lipinski definition) is 5. The van der Waals surface area contributed by atoms with Gasteiger partial charge in [-0.05, 0) is 30.9 Å². The molecule has 2 rings (SSSR count). The van der Waals surface area contributed by atoms with Crippen molar-refractivity contribution in [3.63, 3.8) is 0 Å². The Morgan fingerprint density at radius 1 is 1.43 bits per heavy atom. The molecule has 1 heterocycles. The maximum atomic E-state index is 11.5. The molecule has 0 unspecified atom stereocenters. The standard InChI is InChI=1S/C15H23ClN4O/c1-4-11(10-21)20(12-7-5-6-8-12)14-13(19(2)3)9-17-15(16)18-14/h9-12H,4-8H2,1-3H3/t11-/m1/s1. The number of hydrogen-bond donors (Lipinski definition) is 0. The minimum Gasteiger partial charge on any atom is -0.373 e. The highest BCUT2D eigenvalue weighted by atomic mass is 35.5. The molecule has 0 amide bonds. The first-order chi connectivity index (χ1) is 10.1. The van der Waals surface area contributed by atoms with E-state index in [1.165, 1.54) is 12.8 Å². The largest absolute Gasteiger partial charge is 0.373 e. The molecule has 1 aliphatic rings. The van der Waals surface area contributed by atoms with Gasteiger partial charge in [0.2, 0.25) is 5.28 Å². The second-order valence-corrected chi connectivity index (χ2v) is 6.04. The van der Waals surface area contributed by atoms with Gasteiger partial charge < -0.3 is 14.6 Å². The van der Waals surface area contributed by atoms with Crippen molar-refractivity contribution < 1.29 is 4.79 Å². The summed E-state index contributed by atoms with van der Waals surface area (Å²) in [4.78, 5) is 24.2. The smallest absolute Gasteiger partial charge is 0.224 e. The van der Waals surface area contributed by atoms with Crippen LogP contribution in [-0.4, -0.2) is 42.4 Å². The van der Waals surface area contributed by atoms with Gasteiger partial charge in [-0.25, -0.2) is 4.98 Å². The Hall–Kier alpha value is -1.36. The SMILES string of the molecule is CC[C@H](C=O)N(c1nc(Cl)ncc1N(C)C)C1CCCC1. The Balaban J connectivity index is 2.48. The first-order valence-corrected chi connectivity index (χ1v) is 7.89. The number of rotatable bonds is 6. The van der Waals surface area contributed by atoms with Gasteiger partial charge in [-0.3, -0.25) is 0 Å². The lowest BCUT2D eigenvalue weighted by Crippen LogP contribution is -2.44. The minimum absolute atomic E-state index is 0.169. The molecule has 0 aliphatic heterocycles. The zero-order valence-electron chi connectivity index (χ0n) is 12.9. The first kappa shape index (κ1) is 16.0. The Morgan fingerprint density at radius 3 is 2.62 bits per heavy atom. The van der Waals surface area contributed by atoms with Crippen molar-refractivity contribution >= 4 is 29.4 Å². The molecule has 1 fully saturated rings. The van der Waals surface area contributed by atoms with Crippen LogP contribution in [0.25, 0.3) is 0 Å². The van der Waals surface area contributed by atoms with Crippen LogP contribution in [0.15, 0.2) is 6.20 Å². The van der Waals surface area contributed by atoms with Gasteiger partial charge in [0.05, 0.1) is 17.9 Å². The van der Waals surface area contributed by atoms with Crippen molar-refractivity contribution in [1.82, 2.24) is 9.97 Å². The van der Waals surface area contributed by atoms with E-state index in [1.807, 2.05) is 25.9 Å². The molecule has 1 aliphatic carbocycles. The van der Waals surface area contributed by atoms with E-state index in [0.717, 1.165) is 37.1 Å². The molecule has 0 bridgehead atoms. The van der Waals surface area contributed by atoms with Gasteiger partial charge in [-0.2, -0.15) is 4.98 Å². The summed E-state index contributed by atoms with van der Waals surface area (Å²) in [5.74, 6) is 0.769. The van der Waals surface area contributed by atoms with Crippen LogP contribution in [0.3, 0.4) is 0 Å². The van der Waals surface area contributed by atoms with E-state index in [4.69, 9.17) is 11.6 Å². The van der Waals surface area contributed by atoms with Crippen molar-refractivity contribution in [3.05, 3.63) is 11.5 Å². The van der Waals surface area contributed by atoms with Crippen molar-refractivity contribution in [2.45, 2.75) is 51.1 Å². The molecule has 1 aromatic rings. The summed E-state index contributed by atoms with van der Waals surface area (Å²) in [5.41, 5.74) is 0.895. The number of carbonyl (C=O) groups is 1. The summed E-state index contributed by atoms with van der Waals surface area (Å²) in [7, 11) is 3.90. The quantitative estimate of drug-likeness (QED) is 0.597. The Kier molecular flexibility index (Phi) is 5.39. The molecule has 21 heavy (non-hydrogen) atoms. The minimum atomic E-state index is -0.169. The predicted octanol–water partition coefficient (Wildman–Crippen LogP) is 2.92. The second kappa shape index (κ2) is 7.07.